The van der Waals surface area contributed by atoms with Gasteiger partial charge in [0.1, 0.15) is 17.2 Å². The van der Waals surface area contributed by atoms with Gasteiger partial charge in [0.05, 0.1) is 24.1 Å². The molecule has 0 aliphatic carbocycles. The van der Waals surface area contributed by atoms with Crippen molar-refractivity contribution in [2.24, 2.45) is 0 Å². The van der Waals surface area contributed by atoms with Gasteiger partial charge in [-0.05, 0) is 48.4 Å². The molecule has 1 amide bonds. The number of amides is 1. The van der Waals surface area contributed by atoms with Gasteiger partial charge in [-0.15, -0.1) is 0 Å². The van der Waals surface area contributed by atoms with E-state index in [1.807, 2.05) is 66.2 Å². The summed E-state index contributed by atoms with van der Waals surface area (Å²) in [4.78, 5) is 21.6. The van der Waals surface area contributed by atoms with Crippen molar-refractivity contribution in [3.05, 3.63) is 88.6 Å². The second-order valence-corrected chi connectivity index (χ2v) is 8.04. The molecule has 0 saturated heterocycles. The summed E-state index contributed by atoms with van der Waals surface area (Å²) in [7, 11) is 3.81. The molecule has 0 saturated carbocycles. The van der Waals surface area contributed by atoms with Crippen molar-refractivity contribution in [2.75, 3.05) is 19.0 Å². The summed E-state index contributed by atoms with van der Waals surface area (Å²) in [6.45, 7) is 3.20. The number of hydrogen-bond acceptors (Lipinski definition) is 4. The fourth-order valence-corrected chi connectivity index (χ4v) is 3.84. The molecule has 0 atom stereocenters. The Hall–Kier alpha value is -3.25. The van der Waals surface area contributed by atoms with Crippen molar-refractivity contribution in [1.29, 1.82) is 0 Å². The van der Waals surface area contributed by atoms with Crippen LogP contribution in [0.4, 0.5) is 5.82 Å². The van der Waals surface area contributed by atoms with E-state index in [1.165, 1.54) is 0 Å². The van der Waals surface area contributed by atoms with E-state index >= 15 is 0 Å². The number of benzene rings is 1. The van der Waals surface area contributed by atoms with Crippen LogP contribution in [0.15, 0.2) is 65.4 Å². The molecule has 0 fully saturated rings. The van der Waals surface area contributed by atoms with Gasteiger partial charge in [0, 0.05) is 31.9 Å². The monoisotopic (exact) mass is 436 g/mol. The predicted octanol–water partition coefficient (Wildman–Crippen LogP) is 5.05. The average Bonchev–Trinajstić information content (AvgIpc) is 3.41. The Balaban J connectivity index is 1.64. The van der Waals surface area contributed by atoms with Crippen LogP contribution in [0.25, 0.3) is 5.65 Å². The van der Waals surface area contributed by atoms with Crippen LogP contribution in [0.3, 0.4) is 0 Å². The SMILES string of the molecule is CCc1nc2ccc(C(=O)N(C)Cc3ccco3)cn2c1N(C)Cc1ccc(Cl)cc1. The van der Waals surface area contributed by atoms with E-state index in [1.54, 1.807) is 18.2 Å². The molecule has 0 bridgehead atoms. The van der Waals surface area contributed by atoms with Crippen molar-refractivity contribution in [1.82, 2.24) is 14.3 Å². The maximum atomic E-state index is 13.0. The highest BCUT2D eigenvalue weighted by Gasteiger charge is 2.19. The third-order valence-electron chi connectivity index (χ3n) is 5.26. The topological polar surface area (TPSA) is 54.0 Å². The number of imidazole rings is 1. The zero-order valence-electron chi connectivity index (χ0n) is 17.9. The number of nitrogens with zero attached hydrogens (tertiary/aromatic N) is 4. The lowest BCUT2D eigenvalue weighted by molar-refractivity contribution is 0.0775. The van der Waals surface area contributed by atoms with E-state index in [0.29, 0.717) is 18.7 Å². The van der Waals surface area contributed by atoms with E-state index < -0.39 is 0 Å². The third kappa shape index (κ3) is 4.44. The molecule has 1 aromatic carbocycles. The average molecular weight is 437 g/mol. The quantitative estimate of drug-likeness (QED) is 0.406. The van der Waals surface area contributed by atoms with Gasteiger partial charge in [0.15, 0.2) is 0 Å². The van der Waals surface area contributed by atoms with Crippen LogP contribution in [-0.4, -0.2) is 34.3 Å². The molecule has 0 aliphatic rings. The summed E-state index contributed by atoms with van der Waals surface area (Å²) in [6.07, 6.45) is 4.28. The van der Waals surface area contributed by atoms with Crippen LogP contribution in [0, 0.1) is 0 Å². The molecule has 4 rings (SSSR count). The zero-order valence-corrected chi connectivity index (χ0v) is 18.6. The number of fused-ring (bicyclic) bond motifs is 1. The number of rotatable bonds is 7. The van der Waals surface area contributed by atoms with Crippen molar-refractivity contribution in [3.63, 3.8) is 0 Å². The molecule has 4 aromatic rings. The molecule has 3 heterocycles. The molecule has 0 spiro atoms. The Bertz CT molecular complexity index is 1180. The minimum absolute atomic E-state index is 0.0728. The minimum Gasteiger partial charge on any atom is -0.467 e. The molecule has 0 aliphatic heterocycles. The lowest BCUT2D eigenvalue weighted by Gasteiger charge is -2.21. The molecule has 160 valence electrons. The number of carbonyl (C=O) groups is 1. The molecule has 0 radical (unpaired) electrons. The first-order valence-electron chi connectivity index (χ1n) is 10.2. The summed E-state index contributed by atoms with van der Waals surface area (Å²) in [5, 5.41) is 0.720. The normalized spacial score (nSPS) is 11.1. The van der Waals surface area contributed by atoms with Gasteiger partial charge < -0.3 is 14.2 Å². The predicted molar refractivity (Wildman–Crippen MR) is 123 cm³/mol. The van der Waals surface area contributed by atoms with Crippen LogP contribution < -0.4 is 4.90 Å². The Morgan fingerprint density at radius 2 is 1.87 bits per heavy atom. The van der Waals surface area contributed by atoms with E-state index in [2.05, 4.69) is 11.8 Å². The maximum Gasteiger partial charge on any atom is 0.255 e. The number of aromatic nitrogens is 2. The van der Waals surface area contributed by atoms with E-state index in [-0.39, 0.29) is 5.91 Å². The van der Waals surface area contributed by atoms with Crippen LogP contribution >= 0.6 is 11.6 Å². The Kier molecular flexibility index (Phi) is 6.00. The van der Waals surface area contributed by atoms with E-state index in [9.17, 15) is 4.79 Å². The fraction of sp³-hybridized carbons (Fsp3) is 0.250. The highest BCUT2D eigenvalue weighted by Crippen LogP contribution is 2.25. The number of pyridine rings is 1. The summed E-state index contributed by atoms with van der Waals surface area (Å²) in [6, 6.07) is 15.2. The molecular formula is C24H25ClN4O2. The number of anilines is 1. The lowest BCUT2D eigenvalue weighted by atomic mass is 10.2. The van der Waals surface area contributed by atoms with Gasteiger partial charge in [-0.3, -0.25) is 9.20 Å². The van der Waals surface area contributed by atoms with Crippen LogP contribution in [0.5, 0.6) is 0 Å². The van der Waals surface area contributed by atoms with Crippen molar-refractivity contribution in [3.8, 4) is 0 Å². The summed E-state index contributed by atoms with van der Waals surface area (Å²) in [5.74, 6) is 1.66. The van der Waals surface area contributed by atoms with Crippen molar-refractivity contribution < 1.29 is 9.21 Å². The molecule has 0 N–H and O–H groups in total. The number of halogens is 1. The first-order chi connectivity index (χ1) is 15.0. The van der Waals surface area contributed by atoms with Crippen LogP contribution in [0.2, 0.25) is 5.02 Å². The van der Waals surface area contributed by atoms with Gasteiger partial charge in [-0.25, -0.2) is 4.98 Å². The van der Waals surface area contributed by atoms with Crippen molar-refractivity contribution in [2.45, 2.75) is 26.4 Å². The first-order valence-corrected chi connectivity index (χ1v) is 10.6. The van der Waals surface area contributed by atoms with Crippen LogP contribution in [-0.2, 0) is 19.5 Å². The summed E-state index contributed by atoms with van der Waals surface area (Å²) in [5.41, 5.74) is 3.56. The van der Waals surface area contributed by atoms with Gasteiger partial charge in [0.2, 0.25) is 0 Å². The molecule has 31 heavy (non-hydrogen) atoms. The minimum atomic E-state index is -0.0728. The second-order valence-electron chi connectivity index (χ2n) is 7.60. The Morgan fingerprint density at radius 3 is 2.55 bits per heavy atom. The largest absolute Gasteiger partial charge is 0.467 e. The Morgan fingerprint density at radius 1 is 1.10 bits per heavy atom. The fourth-order valence-electron chi connectivity index (χ4n) is 3.72. The van der Waals surface area contributed by atoms with Gasteiger partial charge in [0.25, 0.3) is 5.91 Å². The van der Waals surface area contributed by atoms with E-state index in [0.717, 1.165) is 39.9 Å². The molecule has 6 nitrogen and oxygen atoms in total. The highest BCUT2D eigenvalue weighted by atomic mass is 35.5. The number of aryl methyl sites for hydroxylation is 1. The maximum absolute atomic E-state index is 13.0. The van der Waals surface area contributed by atoms with Crippen LogP contribution in [0.1, 0.15) is 34.3 Å². The second kappa shape index (κ2) is 8.86. The highest BCUT2D eigenvalue weighted by molar-refractivity contribution is 6.30. The summed E-state index contributed by atoms with van der Waals surface area (Å²) < 4.78 is 7.37. The lowest BCUT2D eigenvalue weighted by Crippen LogP contribution is -2.26. The number of hydrogen-bond donors (Lipinski definition) is 0. The van der Waals surface area contributed by atoms with E-state index in [4.69, 9.17) is 21.0 Å². The van der Waals surface area contributed by atoms with Crippen molar-refractivity contribution >= 4 is 29.0 Å². The molecule has 3 aromatic heterocycles. The Labute approximate surface area is 186 Å². The van der Waals surface area contributed by atoms with Gasteiger partial charge >= 0.3 is 0 Å². The molecule has 7 heteroatoms. The number of furan rings is 1. The summed E-state index contributed by atoms with van der Waals surface area (Å²) >= 11 is 6.02. The number of carbonyl (C=O) groups excluding carboxylic acids is 1. The third-order valence-corrected chi connectivity index (χ3v) is 5.51. The van der Waals surface area contributed by atoms with Gasteiger partial charge in [-0.2, -0.15) is 0 Å². The first kappa shape index (κ1) is 21.0. The standard InChI is InChI=1S/C24H25ClN4O2/c1-4-21-23(27(2)14-17-7-10-19(25)11-8-17)29-15-18(9-12-22(29)26-21)24(30)28(3)16-20-6-5-13-31-20/h5-13,15H,4,14,16H2,1-3H3. The van der Waals surface area contributed by atoms with Gasteiger partial charge in [-0.1, -0.05) is 30.7 Å². The molecular weight excluding hydrogens is 412 g/mol. The smallest absolute Gasteiger partial charge is 0.255 e. The molecule has 0 unspecified atom stereocenters. The zero-order chi connectivity index (χ0) is 22.0.